The molecule has 1 heterocycles. The lowest BCUT2D eigenvalue weighted by molar-refractivity contribution is -0.126. The molecule has 2 N–H and O–H groups in total. The van der Waals surface area contributed by atoms with E-state index in [0.29, 0.717) is 43.9 Å². The van der Waals surface area contributed by atoms with Gasteiger partial charge < -0.3 is 10.4 Å². The number of amides is 1. The molecule has 208 valence electrons. The number of carbonyl (C=O) groups excluding carboxylic acids is 1. The average molecular weight is 540 g/mol. The van der Waals surface area contributed by atoms with Crippen LogP contribution >= 0.6 is 0 Å². The zero-order valence-electron chi connectivity index (χ0n) is 22.1. The van der Waals surface area contributed by atoms with Crippen LogP contribution in [0.15, 0.2) is 35.4 Å². The fraction of sp³-hybridized carbons (Fsp3) is 0.500. The Balaban J connectivity index is 2.10. The maximum atomic E-state index is 15.0. The van der Waals surface area contributed by atoms with Gasteiger partial charge in [-0.2, -0.15) is 5.10 Å². The van der Waals surface area contributed by atoms with Gasteiger partial charge in [-0.3, -0.25) is 4.79 Å². The summed E-state index contributed by atoms with van der Waals surface area (Å²) in [4.78, 5) is 13.8. The number of halogens is 5. The van der Waals surface area contributed by atoms with Crippen LogP contribution in [0.4, 0.5) is 27.6 Å². The van der Waals surface area contributed by atoms with Gasteiger partial charge in [0.2, 0.25) is 5.91 Å². The maximum absolute atomic E-state index is 15.0. The summed E-state index contributed by atoms with van der Waals surface area (Å²) in [5.41, 5.74) is -2.99. The molecule has 0 aliphatic carbocycles. The Labute approximate surface area is 219 Å². The molecule has 2 aromatic rings. The number of hydrazone groups is 1. The number of hydrogen-bond donors (Lipinski definition) is 2. The van der Waals surface area contributed by atoms with Gasteiger partial charge in [-0.1, -0.05) is 33.6 Å². The summed E-state index contributed by atoms with van der Waals surface area (Å²) >= 11 is 0. The minimum atomic E-state index is -1.65. The Bertz CT molecular complexity index is 1180. The van der Waals surface area contributed by atoms with Gasteiger partial charge in [-0.05, 0) is 43.7 Å². The van der Waals surface area contributed by atoms with Crippen LogP contribution in [-0.4, -0.2) is 35.4 Å². The summed E-state index contributed by atoms with van der Waals surface area (Å²) in [6.07, 6.45) is 2.67. The third-order valence-electron chi connectivity index (χ3n) is 7.11. The van der Waals surface area contributed by atoms with Gasteiger partial charge in [0.15, 0.2) is 5.82 Å². The monoisotopic (exact) mass is 539 g/mol. The molecule has 3 rings (SSSR count). The van der Waals surface area contributed by atoms with Crippen LogP contribution in [-0.2, 0) is 4.79 Å². The van der Waals surface area contributed by atoms with Crippen LogP contribution in [0.5, 0.6) is 0 Å². The fourth-order valence-corrected chi connectivity index (χ4v) is 4.77. The number of benzene rings is 2. The summed E-state index contributed by atoms with van der Waals surface area (Å²) < 4.78 is 72.3. The minimum absolute atomic E-state index is 0.0264. The normalized spacial score (nSPS) is 19.6. The molecule has 0 saturated heterocycles. The van der Waals surface area contributed by atoms with Crippen molar-refractivity contribution in [3.8, 4) is 0 Å². The fourth-order valence-electron chi connectivity index (χ4n) is 4.77. The molecular weight excluding hydrogens is 505 g/mol. The van der Waals surface area contributed by atoms with Gasteiger partial charge in [0.1, 0.15) is 28.8 Å². The maximum Gasteiger partial charge on any atom is 0.248 e. The second-order valence-electron chi connectivity index (χ2n) is 10.7. The van der Waals surface area contributed by atoms with E-state index in [-0.39, 0.29) is 36.4 Å². The second-order valence-corrected chi connectivity index (χ2v) is 10.7. The Kier molecular flexibility index (Phi) is 9.17. The van der Waals surface area contributed by atoms with E-state index < -0.39 is 52.0 Å². The number of carbonyl (C=O) groups is 1. The highest BCUT2D eigenvalue weighted by atomic mass is 19.2. The first kappa shape index (κ1) is 29.5. The molecular formula is C28H34F5N3O2. The molecule has 2 unspecified atom stereocenters. The van der Waals surface area contributed by atoms with Crippen molar-refractivity contribution in [3.05, 3.63) is 65.0 Å². The molecule has 1 aliphatic rings. The Hall–Kier alpha value is -3.01. The highest BCUT2D eigenvalue weighted by molar-refractivity contribution is 6.11. The zero-order chi connectivity index (χ0) is 28.3. The van der Waals surface area contributed by atoms with Crippen molar-refractivity contribution in [2.24, 2.45) is 16.4 Å². The third-order valence-corrected chi connectivity index (χ3v) is 7.11. The molecule has 1 aliphatic heterocycles. The summed E-state index contributed by atoms with van der Waals surface area (Å²) in [7, 11) is 0. The van der Waals surface area contributed by atoms with E-state index in [9.17, 15) is 27.5 Å². The first-order chi connectivity index (χ1) is 17.9. The van der Waals surface area contributed by atoms with Crippen molar-refractivity contribution in [2.75, 3.05) is 18.2 Å². The Morgan fingerprint density at radius 3 is 2.26 bits per heavy atom. The lowest BCUT2D eigenvalue weighted by atomic mass is 9.76. The van der Waals surface area contributed by atoms with E-state index in [1.165, 1.54) is 6.92 Å². The second kappa shape index (κ2) is 11.8. The van der Waals surface area contributed by atoms with E-state index in [2.05, 4.69) is 10.4 Å². The van der Waals surface area contributed by atoms with Crippen LogP contribution in [0, 0.1) is 40.4 Å². The van der Waals surface area contributed by atoms with E-state index in [4.69, 9.17) is 0 Å². The number of anilines is 1. The Morgan fingerprint density at radius 2 is 1.68 bits per heavy atom. The predicted octanol–water partition coefficient (Wildman–Crippen LogP) is 6.09. The zero-order valence-corrected chi connectivity index (χ0v) is 22.1. The number of hydrogen-bond acceptors (Lipinski definition) is 4. The molecule has 38 heavy (non-hydrogen) atoms. The van der Waals surface area contributed by atoms with Gasteiger partial charge in [0, 0.05) is 37.3 Å². The number of rotatable bonds is 11. The quantitative estimate of drug-likeness (QED) is 0.269. The molecule has 10 heteroatoms. The first-order valence-electron chi connectivity index (χ1n) is 12.7. The van der Waals surface area contributed by atoms with Crippen molar-refractivity contribution >= 4 is 17.3 Å². The van der Waals surface area contributed by atoms with Crippen molar-refractivity contribution in [1.29, 1.82) is 0 Å². The highest BCUT2D eigenvalue weighted by Crippen LogP contribution is 2.43. The van der Waals surface area contributed by atoms with Crippen molar-refractivity contribution in [3.63, 3.8) is 0 Å². The van der Waals surface area contributed by atoms with Gasteiger partial charge in [-0.25, -0.2) is 27.0 Å². The summed E-state index contributed by atoms with van der Waals surface area (Å²) in [6.45, 7) is 7.38. The molecule has 2 atom stereocenters. The van der Waals surface area contributed by atoms with E-state index >= 15 is 4.39 Å². The third kappa shape index (κ3) is 6.00. The van der Waals surface area contributed by atoms with Crippen LogP contribution < -0.4 is 10.3 Å². The lowest BCUT2D eigenvalue weighted by Crippen LogP contribution is -2.58. The van der Waals surface area contributed by atoms with Gasteiger partial charge in [-0.15, -0.1) is 0 Å². The van der Waals surface area contributed by atoms with E-state index in [1.54, 1.807) is 0 Å². The summed E-state index contributed by atoms with van der Waals surface area (Å²) in [6, 6.07) is 3.80. The molecule has 0 spiro atoms. The lowest BCUT2D eigenvalue weighted by Gasteiger charge is -2.38. The molecule has 1 amide bonds. The van der Waals surface area contributed by atoms with Gasteiger partial charge in [0.05, 0.1) is 17.0 Å². The molecule has 0 bridgehead atoms. The Morgan fingerprint density at radius 1 is 1.05 bits per heavy atom. The average Bonchev–Trinajstić information content (AvgIpc) is 3.12. The topological polar surface area (TPSA) is 64.9 Å². The number of nitrogens with one attached hydrogen (secondary N) is 1. The first-order valence-corrected chi connectivity index (χ1v) is 12.7. The molecule has 0 saturated carbocycles. The van der Waals surface area contributed by atoms with Crippen LogP contribution in [0.2, 0.25) is 0 Å². The van der Waals surface area contributed by atoms with Gasteiger partial charge in [0.25, 0.3) is 0 Å². The van der Waals surface area contributed by atoms with Crippen molar-refractivity contribution in [2.45, 2.75) is 65.3 Å². The summed E-state index contributed by atoms with van der Waals surface area (Å²) in [5, 5.41) is 17.7. The van der Waals surface area contributed by atoms with Gasteiger partial charge >= 0.3 is 0 Å². The number of aliphatic hydroxyl groups is 1. The van der Waals surface area contributed by atoms with Crippen molar-refractivity contribution < 1.29 is 31.9 Å². The number of unbranched alkanes of at least 4 members (excludes halogenated alkanes) is 1. The van der Waals surface area contributed by atoms with Crippen molar-refractivity contribution in [1.82, 2.24) is 5.32 Å². The standard InChI is InChI=1S/C28H34F5N3O2/c1-5-6-8-19-25(24-21(32)14-18(30)15-22(24)33)35-36(23-10-9-17(29)13-20(23)31)28(19,4)26(38)34-12-7-11-27(2,3)16-37/h9-10,13-15,19,37H,5-8,11-12,16H2,1-4H3,(H,34,38). The molecule has 5 nitrogen and oxygen atoms in total. The smallest absolute Gasteiger partial charge is 0.248 e. The predicted molar refractivity (Wildman–Crippen MR) is 136 cm³/mol. The van der Waals surface area contributed by atoms with E-state index in [0.717, 1.165) is 17.1 Å². The molecule has 2 aromatic carbocycles. The van der Waals surface area contributed by atoms with Crippen LogP contribution in [0.25, 0.3) is 0 Å². The number of nitrogens with zero attached hydrogens (tertiary/aromatic N) is 2. The molecule has 0 radical (unpaired) electrons. The van der Waals surface area contributed by atoms with Crippen LogP contribution in [0.3, 0.4) is 0 Å². The summed E-state index contributed by atoms with van der Waals surface area (Å²) in [5.74, 6) is -6.82. The molecule has 0 fully saturated rings. The highest BCUT2D eigenvalue weighted by Gasteiger charge is 2.54. The van der Waals surface area contributed by atoms with Crippen LogP contribution in [0.1, 0.15) is 65.4 Å². The number of aliphatic hydroxyl groups excluding tert-OH is 1. The molecule has 0 aromatic heterocycles. The minimum Gasteiger partial charge on any atom is -0.396 e. The largest absolute Gasteiger partial charge is 0.396 e. The SMILES string of the molecule is CCCCC1C(c2c(F)cc(F)cc2F)=NN(c2ccc(F)cc2F)C1(C)C(=O)NCCCC(C)(C)CO. The van der Waals surface area contributed by atoms with E-state index in [1.807, 2.05) is 20.8 Å².